The quantitative estimate of drug-likeness (QED) is 0.777. The van der Waals surface area contributed by atoms with Gasteiger partial charge < -0.3 is 10.6 Å². The van der Waals surface area contributed by atoms with Gasteiger partial charge in [-0.25, -0.2) is 0 Å². The van der Waals surface area contributed by atoms with Crippen LogP contribution in [0.25, 0.3) is 0 Å². The average Bonchev–Trinajstić information content (AvgIpc) is 2.92. The van der Waals surface area contributed by atoms with Crippen molar-refractivity contribution in [2.45, 2.75) is 19.4 Å². The summed E-state index contributed by atoms with van der Waals surface area (Å²) in [6.45, 7) is 2.29. The van der Waals surface area contributed by atoms with Crippen molar-refractivity contribution in [2.75, 3.05) is 13.1 Å². The van der Waals surface area contributed by atoms with E-state index in [1.165, 1.54) is 5.56 Å². The Hall–Kier alpha value is -2.14. The van der Waals surface area contributed by atoms with Gasteiger partial charge in [-0.15, -0.1) is 0 Å². The van der Waals surface area contributed by atoms with E-state index in [1.807, 2.05) is 18.2 Å². The van der Waals surface area contributed by atoms with Gasteiger partial charge in [0.15, 0.2) is 5.69 Å². The number of carbonyl (C=O) groups excluding carboxylic acids is 1. The molecule has 0 radical (unpaired) electrons. The Morgan fingerprint density at radius 2 is 2.15 bits per heavy atom. The van der Waals surface area contributed by atoms with Gasteiger partial charge in [-0.2, -0.15) is 5.10 Å². The Morgan fingerprint density at radius 1 is 1.30 bits per heavy atom. The van der Waals surface area contributed by atoms with Crippen LogP contribution < -0.4 is 10.6 Å². The zero-order valence-corrected chi connectivity index (χ0v) is 11.3. The van der Waals surface area contributed by atoms with Crippen LogP contribution in [0.2, 0.25) is 0 Å². The minimum atomic E-state index is -0.0830. The minimum absolute atomic E-state index is 0.0830. The normalized spacial score (nSPS) is 13.8. The summed E-state index contributed by atoms with van der Waals surface area (Å²) >= 11 is 0. The van der Waals surface area contributed by atoms with Gasteiger partial charge in [0.1, 0.15) is 0 Å². The smallest absolute Gasteiger partial charge is 0.272 e. The van der Waals surface area contributed by atoms with Crippen LogP contribution in [-0.4, -0.2) is 29.2 Å². The highest BCUT2D eigenvalue weighted by molar-refractivity contribution is 5.94. The highest BCUT2D eigenvalue weighted by atomic mass is 16.1. The molecule has 5 nitrogen and oxygen atoms in total. The molecule has 0 unspecified atom stereocenters. The Kier molecular flexibility index (Phi) is 3.78. The molecule has 5 heteroatoms. The molecule has 0 bridgehead atoms. The molecule has 1 aromatic carbocycles. The molecule has 1 amide bonds. The lowest BCUT2D eigenvalue weighted by Crippen LogP contribution is -2.29. The lowest BCUT2D eigenvalue weighted by atomic mass is 10.1. The largest absolute Gasteiger partial charge is 0.350 e. The van der Waals surface area contributed by atoms with Crippen LogP contribution in [0.1, 0.15) is 27.3 Å². The van der Waals surface area contributed by atoms with Crippen LogP contribution in [0.5, 0.6) is 0 Å². The van der Waals surface area contributed by atoms with E-state index in [9.17, 15) is 4.79 Å². The minimum Gasteiger partial charge on any atom is -0.350 e. The number of carbonyl (C=O) groups is 1. The fourth-order valence-corrected chi connectivity index (χ4v) is 2.48. The molecule has 2 heterocycles. The number of benzene rings is 1. The number of amides is 1. The lowest BCUT2D eigenvalue weighted by Gasteiger charge is -2.12. The molecule has 3 N–H and O–H groups in total. The van der Waals surface area contributed by atoms with Crippen molar-refractivity contribution in [2.24, 2.45) is 0 Å². The third kappa shape index (κ3) is 2.72. The van der Waals surface area contributed by atoms with Crippen LogP contribution in [0.3, 0.4) is 0 Å². The van der Waals surface area contributed by atoms with Crippen molar-refractivity contribution in [3.05, 3.63) is 52.8 Å². The van der Waals surface area contributed by atoms with E-state index < -0.39 is 0 Å². The Labute approximate surface area is 117 Å². The Balaban J connectivity index is 1.58. The second kappa shape index (κ2) is 5.88. The number of hydrogen-bond acceptors (Lipinski definition) is 3. The molecule has 1 aromatic heterocycles. The molecule has 0 aliphatic carbocycles. The highest BCUT2D eigenvalue weighted by Crippen LogP contribution is 2.15. The molecule has 0 saturated heterocycles. The van der Waals surface area contributed by atoms with E-state index in [2.05, 4.69) is 33.0 Å². The fourth-order valence-electron chi connectivity index (χ4n) is 2.48. The number of aromatic nitrogens is 2. The average molecular weight is 270 g/mol. The van der Waals surface area contributed by atoms with E-state index in [4.69, 9.17) is 0 Å². The van der Waals surface area contributed by atoms with Gasteiger partial charge in [0.25, 0.3) is 5.91 Å². The van der Waals surface area contributed by atoms with Crippen LogP contribution in [0.4, 0.5) is 0 Å². The van der Waals surface area contributed by atoms with E-state index in [1.54, 1.807) is 0 Å². The van der Waals surface area contributed by atoms with Crippen molar-refractivity contribution in [1.29, 1.82) is 0 Å². The molecule has 20 heavy (non-hydrogen) atoms. The topological polar surface area (TPSA) is 69.8 Å². The van der Waals surface area contributed by atoms with Gasteiger partial charge in [0.2, 0.25) is 0 Å². The molecule has 1 aliphatic heterocycles. The molecule has 0 atom stereocenters. The molecular weight excluding hydrogens is 252 g/mol. The predicted octanol–water partition coefficient (Wildman–Crippen LogP) is 1.03. The maximum Gasteiger partial charge on any atom is 0.272 e. The summed E-state index contributed by atoms with van der Waals surface area (Å²) in [5, 5.41) is 13.3. The van der Waals surface area contributed by atoms with Crippen molar-refractivity contribution in [3.8, 4) is 0 Å². The number of nitrogens with zero attached hydrogens (tertiary/aromatic N) is 1. The fraction of sp³-hybridized carbons (Fsp3) is 0.333. The Bertz CT molecular complexity index is 591. The zero-order chi connectivity index (χ0) is 13.8. The van der Waals surface area contributed by atoms with Crippen LogP contribution in [0, 0.1) is 0 Å². The van der Waals surface area contributed by atoms with Crippen molar-refractivity contribution < 1.29 is 4.79 Å². The molecule has 0 saturated carbocycles. The van der Waals surface area contributed by atoms with Gasteiger partial charge in [-0.05, 0) is 24.9 Å². The van der Waals surface area contributed by atoms with E-state index >= 15 is 0 Å². The van der Waals surface area contributed by atoms with Gasteiger partial charge in [0, 0.05) is 18.7 Å². The summed E-state index contributed by atoms with van der Waals surface area (Å²) in [5.74, 6) is -0.0830. The molecular formula is C15H18N4O. The number of H-pyrrole nitrogens is 1. The van der Waals surface area contributed by atoms with Gasteiger partial charge >= 0.3 is 0 Å². The summed E-state index contributed by atoms with van der Waals surface area (Å²) in [5.41, 5.74) is 3.86. The zero-order valence-electron chi connectivity index (χ0n) is 11.3. The van der Waals surface area contributed by atoms with E-state index in [0.29, 0.717) is 12.2 Å². The second-order valence-corrected chi connectivity index (χ2v) is 4.95. The third-order valence-electron chi connectivity index (χ3n) is 3.56. The molecule has 0 fully saturated rings. The van der Waals surface area contributed by atoms with E-state index in [0.717, 1.165) is 37.2 Å². The predicted molar refractivity (Wildman–Crippen MR) is 76.5 cm³/mol. The summed E-state index contributed by atoms with van der Waals surface area (Å²) in [7, 11) is 0. The summed E-state index contributed by atoms with van der Waals surface area (Å²) in [4.78, 5) is 12.2. The number of aromatic amines is 1. The van der Waals surface area contributed by atoms with Crippen LogP contribution in [0.15, 0.2) is 30.3 Å². The van der Waals surface area contributed by atoms with Crippen molar-refractivity contribution in [3.63, 3.8) is 0 Å². The first-order chi connectivity index (χ1) is 9.84. The monoisotopic (exact) mass is 270 g/mol. The van der Waals surface area contributed by atoms with E-state index in [-0.39, 0.29) is 5.91 Å². The molecule has 104 valence electrons. The third-order valence-corrected chi connectivity index (χ3v) is 3.56. The van der Waals surface area contributed by atoms with Gasteiger partial charge in [0.05, 0.1) is 5.69 Å². The van der Waals surface area contributed by atoms with Crippen LogP contribution >= 0.6 is 0 Å². The first kappa shape index (κ1) is 12.9. The highest BCUT2D eigenvalue weighted by Gasteiger charge is 2.20. The molecule has 3 rings (SSSR count). The van der Waals surface area contributed by atoms with Crippen LogP contribution in [-0.2, 0) is 19.4 Å². The maximum absolute atomic E-state index is 12.2. The van der Waals surface area contributed by atoms with Crippen molar-refractivity contribution in [1.82, 2.24) is 20.8 Å². The Morgan fingerprint density at radius 3 is 3.00 bits per heavy atom. The first-order valence-corrected chi connectivity index (χ1v) is 6.93. The number of hydrogen-bond donors (Lipinski definition) is 3. The standard InChI is InChI=1S/C15H18N4O/c20-15(17-9-6-11-4-2-1-3-5-11)14-12-7-8-16-10-13(12)18-19-14/h1-5,16H,6-10H2,(H,17,20)(H,18,19). The second-order valence-electron chi connectivity index (χ2n) is 4.95. The molecule has 0 spiro atoms. The lowest BCUT2D eigenvalue weighted by molar-refractivity contribution is 0.0948. The maximum atomic E-state index is 12.2. The summed E-state index contributed by atoms with van der Waals surface area (Å²) in [6.07, 6.45) is 1.69. The number of fused-ring (bicyclic) bond motifs is 1. The summed E-state index contributed by atoms with van der Waals surface area (Å²) in [6, 6.07) is 10.1. The first-order valence-electron chi connectivity index (χ1n) is 6.93. The SMILES string of the molecule is O=C(NCCc1ccccc1)c1n[nH]c2c1CCNC2. The molecule has 1 aliphatic rings. The van der Waals surface area contributed by atoms with Gasteiger partial charge in [-0.1, -0.05) is 30.3 Å². The van der Waals surface area contributed by atoms with Gasteiger partial charge in [-0.3, -0.25) is 9.89 Å². The summed E-state index contributed by atoms with van der Waals surface area (Å²) < 4.78 is 0. The molecule has 2 aromatic rings. The van der Waals surface area contributed by atoms with Crippen molar-refractivity contribution >= 4 is 5.91 Å². The number of rotatable bonds is 4. The number of nitrogens with one attached hydrogen (secondary N) is 3.